The Hall–Kier alpha value is -0.420. The first-order valence-electron chi connectivity index (χ1n) is 3.28. The summed E-state index contributed by atoms with van der Waals surface area (Å²) in [7, 11) is 0. The van der Waals surface area contributed by atoms with Gasteiger partial charge in [-0.15, -0.1) is 0 Å². The standard InChI is InChI=1S/C6H11N3S2/c1-10-3-2-8-6-4-5(7)9-11-6/h4,8H,2-3H2,1H3,(H2,7,9). The van der Waals surface area contributed by atoms with Crippen LogP contribution in [-0.2, 0) is 0 Å². The summed E-state index contributed by atoms with van der Waals surface area (Å²) < 4.78 is 3.95. The number of hydrogen-bond donors (Lipinski definition) is 2. The van der Waals surface area contributed by atoms with Crippen LogP contribution in [0.1, 0.15) is 0 Å². The van der Waals surface area contributed by atoms with Crippen LogP contribution in [0.3, 0.4) is 0 Å². The molecule has 11 heavy (non-hydrogen) atoms. The Morgan fingerprint density at radius 2 is 2.64 bits per heavy atom. The number of nitrogen functional groups attached to an aromatic ring is 1. The van der Waals surface area contributed by atoms with Gasteiger partial charge >= 0.3 is 0 Å². The summed E-state index contributed by atoms with van der Waals surface area (Å²) >= 11 is 3.22. The minimum atomic E-state index is 0.599. The molecule has 5 heteroatoms. The van der Waals surface area contributed by atoms with Crippen molar-refractivity contribution in [1.82, 2.24) is 4.37 Å². The Labute approximate surface area is 74.5 Å². The van der Waals surface area contributed by atoms with Crippen molar-refractivity contribution in [2.75, 3.05) is 29.6 Å². The van der Waals surface area contributed by atoms with E-state index in [1.807, 2.05) is 17.8 Å². The molecule has 0 aromatic carbocycles. The summed E-state index contributed by atoms with van der Waals surface area (Å²) in [6.45, 7) is 0.975. The van der Waals surface area contributed by atoms with Gasteiger partial charge in [0, 0.05) is 18.4 Å². The third kappa shape index (κ3) is 2.98. The molecule has 0 aliphatic heterocycles. The van der Waals surface area contributed by atoms with Crippen LogP contribution in [0.25, 0.3) is 0 Å². The predicted octanol–water partition coefficient (Wildman–Crippen LogP) is 1.50. The fourth-order valence-electron chi connectivity index (χ4n) is 0.648. The molecule has 3 N–H and O–H groups in total. The van der Waals surface area contributed by atoms with E-state index in [-0.39, 0.29) is 0 Å². The molecular formula is C6H11N3S2. The number of anilines is 2. The van der Waals surface area contributed by atoms with Crippen molar-refractivity contribution < 1.29 is 0 Å². The zero-order valence-corrected chi connectivity index (χ0v) is 7.97. The van der Waals surface area contributed by atoms with Gasteiger partial charge in [0.2, 0.25) is 0 Å². The van der Waals surface area contributed by atoms with E-state index in [1.165, 1.54) is 11.5 Å². The first kappa shape index (κ1) is 8.67. The van der Waals surface area contributed by atoms with Crippen molar-refractivity contribution in [3.8, 4) is 0 Å². The van der Waals surface area contributed by atoms with Crippen LogP contribution in [0.15, 0.2) is 6.07 Å². The molecule has 1 rings (SSSR count). The molecule has 0 bridgehead atoms. The highest BCUT2D eigenvalue weighted by Crippen LogP contribution is 2.16. The lowest BCUT2D eigenvalue weighted by Crippen LogP contribution is -2.01. The van der Waals surface area contributed by atoms with Crippen LogP contribution in [0.4, 0.5) is 10.8 Å². The van der Waals surface area contributed by atoms with Crippen molar-refractivity contribution in [2.24, 2.45) is 0 Å². The molecule has 62 valence electrons. The molecule has 3 nitrogen and oxygen atoms in total. The number of nitrogens with two attached hydrogens (primary N) is 1. The zero-order chi connectivity index (χ0) is 8.10. The maximum atomic E-state index is 5.44. The van der Waals surface area contributed by atoms with Crippen LogP contribution >= 0.6 is 23.3 Å². The van der Waals surface area contributed by atoms with Crippen LogP contribution in [-0.4, -0.2) is 22.9 Å². The Kier molecular flexibility index (Phi) is 3.51. The van der Waals surface area contributed by atoms with Gasteiger partial charge in [-0.05, 0) is 17.8 Å². The molecule has 1 heterocycles. The number of hydrogen-bond acceptors (Lipinski definition) is 5. The van der Waals surface area contributed by atoms with Gasteiger partial charge in [-0.25, -0.2) is 0 Å². The molecule has 1 aromatic rings. The van der Waals surface area contributed by atoms with Crippen molar-refractivity contribution in [1.29, 1.82) is 0 Å². The molecule has 0 atom stereocenters. The molecule has 1 aromatic heterocycles. The molecule has 0 saturated carbocycles. The summed E-state index contributed by atoms with van der Waals surface area (Å²) in [5.41, 5.74) is 5.44. The fraction of sp³-hybridized carbons (Fsp3) is 0.500. The minimum absolute atomic E-state index is 0.599. The average Bonchev–Trinajstić information content (AvgIpc) is 2.37. The number of thioether (sulfide) groups is 1. The highest BCUT2D eigenvalue weighted by atomic mass is 32.2. The van der Waals surface area contributed by atoms with Gasteiger partial charge < -0.3 is 11.1 Å². The molecule has 0 aliphatic carbocycles. The third-order valence-corrected chi connectivity index (χ3v) is 2.51. The second kappa shape index (κ2) is 4.46. The van der Waals surface area contributed by atoms with E-state index in [0.29, 0.717) is 5.82 Å². The average molecular weight is 189 g/mol. The Balaban J connectivity index is 2.27. The van der Waals surface area contributed by atoms with E-state index in [0.717, 1.165) is 17.3 Å². The van der Waals surface area contributed by atoms with Gasteiger partial charge in [-0.3, -0.25) is 0 Å². The highest BCUT2D eigenvalue weighted by molar-refractivity contribution is 7.98. The van der Waals surface area contributed by atoms with Gasteiger partial charge in [0.05, 0.1) is 0 Å². The smallest absolute Gasteiger partial charge is 0.139 e. The van der Waals surface area contributed by atoms with Crippen LogP contribution in [0, 0.1) is 0 Å². The van der Waals surface area contributed by atoms with E-state index in [4.69, 9.17) is 5.73 Å². The lowest BCUT2D eigenvalue weighted by atomic mass is 10.6. The number of nitrogens with zero attached hydrogens (tertiary/aromatic N) is 1. The van der Waals surface area contributed by atoms with E-state index < -0.39 is 0 Å². The van der Waals surface area contributed by atoms with Crippen molar-refractivity contribution in [2.45, 2.75) is 0 Å². The van der Waals surface area contributed by atoms with Gasteiger partial charge in [0.1, 0.15) is 10.8 Å². The van der Waals surface area contributed by atoms with E-state index in [9.17, 15) is 0 Å². The second-order valence-corrected chi connectivity index (χ2v) is 3.83. The predicted molar refractivity (Wildman–Crippen MR) is 53.4 cm³/mol. The van der Waals surface area contributed by atoms with E-state index >= 15 is 0 Å². The minimum Gasteiger partial charge on any atom is -0.383 e. The normalized spacial score (nSPS) is 9.91. The molecule has 0 radical (unpaired) electrons. The van der Waals surface area contributed by atoms with Gasteiger partial charge in [0.15, 0.2) is 0 Å². The van der Waals surface area contributed by atoms with E-state index in [1.54, 1.807) is 0 Å². The van der Waals surface area contributed by atoms with Crippen LogP contribution in [0.2, 0.25) is 0 Å². The SMILES string of the molecule is CSCCNc1cc(N)ns1. The van der Waals surface area contributed by atoms with Crippen LogP contribution in [0.5, 0.6) is 0 Å². The Morgan fingerprint density at radius 1 is 1.82 bits per heavy atom. The fourth-order valence-corrected chi connectivity index (χ4v) is 1.55. The third-order valence-electron chi connectivity index (χ3n) is 1.13. The van der Waals surface area contributed by atoms with Crippen LogP contribution < -0.4 is 11.1 Å². The quantitative estimate of drug-likeness (QED) is 0.705. The number of rotatable bonds is 4. The number of nitrogens with one attached hydrogen (secondary N) is 1. The topological polar surface area (TPSA) is 50.9 Å². The first-order chi connectivity index (χ1) is 5.33. The maximum absolute atomic E-state index is 5.44. The summed E-state index contributed by atoms with van der Waals surface area (Å²) in [6, 6.07) is 1.85. The highest BCUT2D eigenvalue weighted by Gasteiger charge is 1.95. The molecule has 0 aliphatic rings. The van der Waals surface area contributed by atoms with E-state index in [2.05, 4.69) is 15.9 Å². The zero-order valence-electron chi connectivity index (χ0n) is 6.33. The molecule has 0 amide bonds. The first-order valence-corrected chi connectivity index (χ1v) is 5.44. The summed E-state index contributed by atoms with van der Waals surface area (Å²) in [6.07, 6.45) is 2.09. The molecule has 0 spiro atoms. The van der Waals surface area contributed by atoms with Gasteiger partial charge in [-0.2, -0.15) is 16.1 Å². The molecule has 0 saturated heterocycles. The monoisotopic (exact) mass is 189 g/mol. The summed E-state index contributed by atoms with van der Waals surface area (Å²) in [5.74, 6) is 1.71. The number of aromatic nitrogens is 1. The van der Waals surface area contributed by atoms with Crippen molar-refractivity contribution in [3.05, 3.63) is 6.07 Å². The molecule has 0 unspecified atom stereocenters. The van der Waals surface area contributed by atoms with Gasteiger partial charge in [-0.1, -0.05) is 0 Å². The Bertz CT molecular complexity index is 211. The van der Waals surface area contributed by atoms with Crippen molar-refractivity contribution >= 4 is 34.1 Å². The largest absolute Gasteiger partial charge is 0.383 e. The maximum Gasteiger partial charge on any atom is 0.139 e. The van der Waals surface area contributed by atoms with Gasteiger partial charge in [0.25, 0.3) is 0 Å². The summed E-state index contributed by atoms with van der Waals surface area (Å²) in [5, 5.41) is 4.27. The molecule has 0 fully saturated rings. The Morgan fingerprint density at radius 3 is 3.18 bits per heavy atom. The van der Waals surface area contributed by atoms with Crippen molar-refractivity contribution in [3.63, 3.8) is 0 Å². The summed E-state index contributed by atoms with van der Waals surface area (Å²) in [4.78, 5) is 0. The second-order valence-electron chi connectivity index (χ2n) is 2.04. The lowest BCUT2D eigenvalue weighted by molar-refractivity contribution is 1.25. The molecular weight excluding hydrogens is 178 g/mol. The lowest BCUT2D eigenvalue weighted by Gasteiger charge is -1.98.